The number of rotatable bonds is 4. The zero-order chi connectivity index (χ0) is 7.28. The molecule has 0 rings (SSSR count). The predicted octanol–water partition coefficient (Wildman–Crippen LogP) is 2.16. The molecular weight excluding hydrogens is 110 g/mol. The molecule has 56 valence electrons. The van der Waals surface area contributed by atoms with E-state index in [1.807, 2.05) is 0 Å². The molecule has 0 aromatic heterocycles. The van der Waals surface area contributed by atoms with E-state index in [-0.39, 0.29) is 0 Å². The lowest BCUT2D eigenvalue weighted by atomic mass is 9.99. The fourth-order valence-corrected chi connectivity index (χ4v) is 0.850. The number of nitrogens with two attached hydrogens (primary N) is 1. The quantitative estimate of drug-likeness (QED) is 0.618. The van der Waals surface area contributed by atoms with Crippen LogP contribution in [0.4, 0.5) is 0 Å². The highest BCUT2D eigenvalue weighted by atomic mass is 14.6. The van der Waals surface area contributed by atoms with Gasteiger partial charge in [-0.15, -0.1) is 0 Å². The molecule has 0 aromatic carbocycles. The van der Waals surface area contributed by atoms with Gasteiger partial charge in [0.05, 0.1) is 0 Å². The summed E-state index contributed by atoms with van der Waals surface area (Å²) in [7, 11) is 0. The Morgan fingerprint density at radius 1 is 1.22 bits per heavy atom. The second kappa shape index (κ2) is 4.80. The third-order valence-electron chi connectivity index (χ3n) is 1.93. The highest BCUT2D eigenvalue weighted by Gasteiger charge is 2.03. The van der Waals surface area contributed by atoms with Crippen molar-refractivity contribution in [2.24, 2.45) is 11.7 Å². The molecule has 0 aromatic rings. The summed E-state index contributed by atoms with van der Waals surface area (Å²) in [6.07, 6.45) is 3.56. The third-order valence-corrected chi connectivity index (χ3v) is 1.93. The van der Waals surface area contributed by atoms with E-state index in [0.29, 0.717) is 6.04 Å². The van der Waals surface area contributed by atoms with Crippen LogP contribution in [0.2, 0.25) is 0 Å². The second-order valence-electron chi connectivity index (χ2n) is 2.92. The van der Waals surface area contributed by atoms with Crippen molar-refractivity contribution >= 4 is 0 Å². The Morgan fingerprint density at radius 3 is 2.11 bits per heavy atom. The van der Waals surface area contributed by atoms with Crippen molar-refractivity contribution in [2.75, 3.05) is 0 Å². The van der Waals surface area contributed by atoms with Gasteiger partial charge in [0.2, 0.25) is 0 Å². The van der Waals surface area contributed by atoms with E-state index < -0.39 is 0 Å². The Bertz CT molecular complexity index is 53.6. The average molecular weight is 129 g/mol. The minimum atomic E-state index is 0.431. The highest BCUT2D eigenvalue weighted by molar-refractivity contribution is 4.61. The molecule has 0 spiro atoms. The lowest BCUT2D eigenvalue weighted by Gasteiger charge is -2.12. The molecule has 2 N–H and O–H groups in total. The van der Waals surface area contributed by atoms with Crippen molar-refractivity contribution in [3.05, 3.63) is 0 Å². The third kappa shape index (κ3) is 4.46. The van der Waals surface area contributed by atoms with Crippen LogP contribution in [-0.4, -0.2) is 6.04 Å². The minimum Gasteiger partial charge on any atom is -0.328 e. The van der Waals surface area contributed by atoms with Crippen LogP contribution in [0.25, 0.3) is 0 Å². The Hall–Kier alpha value is -0.0400. The fraction of sp³-hybridized carbons (Fsp3) is 1.00. The van der Waals surface area contributed by atoms with Gasteiger partial charge < -0.3 is 5.73 Å². The smallest absolute Gasteiger partial charge is 0.00387 e. The molecule has 0 amide bonds. The van der Waals surface area contributed by atoms with Crippen molar-refractivity contribution in [3.8, 4) is 0 Å². The van der Waals surface area contributed by atoms with Crippen LogP contribution in [0.3, 0.4) is 0 Å². The van der Waals surface area contributed by atoms with Crippen LogP contribution in [0.5, 0.6) is 0 Å². The molecule has 1 nitrogen and oxygen atoms in total. The number of hydrogen-bond donors (Lipinski definition) is 1. The minimum absolute atomic E-state index is 0.431. The maximum absolute atomic E-state index is 5.75. The van der Waals surface area contributed by atoms with Gasteiger partial charge >= 0.3 is 0 Å². The molecule has 0 radical (unpaired) electrons. The first kappa shape index (κ1) is 8.96. The molecule has 0 fully saturated rings. The van der Waals surface area contributed by atoms with Gasteiger partial charge in [-0.05, 0) is 18.8 Å². The lowest BCUT2D eigenvalue weighted by Crippen LogP contribution is -2.21. The van der Waals surface area contributed by atoms with Gasteiger partial charge in [0.25, 0.3) is 0 Å². The molecule has 0 saturated heterocycles. The normalized spacial score (nSPS) is 17.3. The average Bonchev–Trinajstić information content (AvgIpc) is 1.87. The van der Waals surface area contributed by atoms with Gasteiger partial charge in [0.15, 0.2) is 0 Å². The summed E-state index contributed by atoms with van der Waals surface area (Å²) in [5.74, 6) is 0.806. The standard InChI is InChI=1S/C8H19N/c1-4-7(3)6-8(9)5-2/h7-8H,4-6,9H2,1-3H3/t7-,8+/m1/s1. The van der Waals surface area contributed by atoms with E-state index in [0.717, 1.165) is 12.3 Å². The van der Waals surface area contributed by atoms with E-state index in [1.54, 1.807) is 0 Å². The summed E-state index contributed by atoms with van der Waals surface area (Å²) >= 11 is 0. The van der Waals surface area contributed by atoms with Crippen molar-refractivity contribution in [3.63, 3.8) is 0 Å². The zero-order valence-corrected chi connectivity index (χ0v) is 6.85. The van der Waals surface area contributed by atoms with Crippen molar-refractivity contribution in [1.82, 2.24) is 0 Å². The van der Waals surface area contributed by atoms with E-state index >= 15 is 0 Å². The molecule has 0 heterocycles. The van der Waals surface area contributed by atoms with Crippen LogP contribution >= 0.6 is 0 Å². The fourth-order valence-electron chi connectivity index (χ4n) is 0.850. The largest absolute Gasteiger partial charge is 0.328 e. The van der Waals surface area contributed by atoms with Gasteiger partial charge in [-0.2, -0.15) is 0 Å². The lowest BCUT2D eigenvalue weighted by molar-refractivity contribution is 0.445. The van der Waals surface area contributed by atoms with Gasteiger partial charge in [0, 0.05) is 6.04 Å². The molecule has 0 aliphatic heterocycles. The van der Waals surface area contributed by atoms with Crippen LogP contribution in [0, 0.1) is 5.92 Å². The first-order valence-electron chi connectivity index (χ1n) is 3.96. The van der Waals surface area contributed by atoms with E-state index in [4.69, 9.17) is 5.73 Å². The molecule has 0 saturated carbocycles. The van der Waals surface area contributed by atoms with Crippen LogP contribution in [0.1, 0.15) is 40.0 Å². The Balaban J connectivity index is 3.22. The van der Waals surface area contributed by atoms with E-state index in [1.165, 1.54) is 12.8 Å². The Morgan fingerprint density at radius 2 is 1.78 bits per heavy atom. The molecule has 0 aliphatic rings. The summed E-state index contributed by atoms with van der Waals surface area (Å²) in [6.45, 7) is 6.62. The van der Waals surface area contributed by atoms with Crippen LogP contribution in [-0.2, 0) is 0 Å². The molecule has 9 heavy (non-hydrogen) atoms. The maximum atomic E-state index is 5.75. The van der Waals surface area contributed by atoms with Crippen LogP contribution in [0.15, 0.2) is 0 Å². The predicted molar refractivity (Wildman–Crippen MR) is 42.3 cm³/mol. The van der Waals surface area contributed by atoms with Crippen molar-refractivity contribution in [2.45, 2.75) is 46.1 Å². The summed E-state index contributed by atoms with van der Waals surface area (Å²) in [5.41, 5.74) is 5.75. The summed E-state index contributed by atoms with van der Waals surface area (Å²) in [5, 5.41) is 0. The highest BCUT2D eigenvalue weighted by Crippen LogP contribution is 2.09. The first-order chi connectivity index (χ1) is 4.20. The van der Waals surface area contributed by atoms with Crippen molar-refractivity contribution in [1.29, 1.82) is 0 Å². The van der Waals surface area contributed by atoms with Gasteiger partial charge in [-0.1, -0.05) is 27.2 Å². The zero-order valence-electron chi connectivity index (χ0n) is 6.85. The Labute approximate surface area is 58.6 Å². The monoisotopic (exact) mass is 129 g/mol. The van der Waals surface area contributed by atoms with Crippen LogP contribution < -0.4 is 5.73 Å². The van der Waals surface area contributed by atoms with E-state index in [2.05, 4.69) is 20.8 Å². The summed E-state index contributed by atoms with van der Waals surface area (Å²) in [4.78, 5) is 0. The van der Waals surface area contributed by atoms with Gasteiger partial charge in [-0.25, -0.2) is 0 Å². The maximum Gasteiger partial charge on any atom is 0.00387 e. The SMILES string of the molecule is CC[C@@H](C)C[C@@H](N)CC. The Kier molecular flexibility index (Phi) is 4.78. The molecule has 0 aliphatic carbocycles. The van der Waals surface area contributed by atoms with E-state index in [9.17, 15) is 0 Å². The summed E-state index contributed by atoms with van der Waals surface area (Å²) < 4.78 is 0. The number of hydrogen-bond acceptors (Lipinski definition) is 1. The molecule has 1 heteroatoms. The summed E-state index contributed by atoms with van der Waals surface area (Å²) in [6, 6.07) is 0.431. The first-order valence-corrected chi connectivity index (χ1v) is 3.96. The van der Waals surface area contributed by atoms with Gasteiger partial charge in [-0.3, -0.25) is 0 Å². The molecule has 0 bridgehead atoms. The second-order valence-corrected chi connectivity index (χ2v) is 2.92. The van der Waals surface area contributed by atoms with Crippen molar-refractivity contribution < 1.29 is 0 Å². The molecular formula is C8H19N. The molecule has 0 unspecified atom stereocenters. The molecule has 2 atom stereocenters. The topological polar surface area (TPSA) is 26.0 Å². The van der Waals surface area contributed by atoms with Gasteiger partial charge in [0.1, 0.15) is 0 Å².